The fraction of sp³-hybridized carbons (Fsp3) is 0.900. The predicted octanol–water partition coefficient (Wildman–Crippen LogP) is 2.55. The first kappa shape index (κ1) is 7.33. The van der Waals surface area contributed by atoms with E-state index >= 15 is 0 Å². The molecule has 1 atom stereocenters. The molecule has 0 aromatic rings. The summed E-state index contributed by atoms with van der Waals surface area (Å²) >= 11 is 0. The molecule has 2 saturated carbocycles. The summed E-state index contributed by atoms with van der Waals surface area (Å²) < 4.78 is 0. The van der Waals surface area contributed by atoms with E-state index in [1.165, 1.54) is 38.5 Å². The van der Waals surface area contributed by atoms with Crippen LogP contribution in [0.15, 0.2) is 0 Å². The van der Waals surface area contributed by atoms with Crippen molar-refractivity contribution in [3.05, 3.63) is 0 Å². The van der Waals surface area contributed by atoms with Crippen LogP contribution in [0.2, 0.25) is 0 Å². The van der Waals surface area contributed by atoms with Gasteiger partial charge in [-0.2, -0.15) is 0 Å². The summed E-state index contributed by atoms with van der Waals surface area (Å²) in [5.41, 5.74) is 0. The van der Waals surface area contributed by atoms with Crippen LogP contribution in [-0.4, -0.2) is 5.78 Å². The Balaban J connectivity index is 1.97. The Labute approximate surface area is 68.2 Å². The highest BCUT2D eigenvalue weighted by molar-refractivity contribution is 5.83. The second kappa shape index (κ2) is 2.96. The molecule has 0 amide bonds. The SMILES string of the molecule is O=C1CCC[C@H]1C1CCCC1. The van der Waals surface area contributed by atoms with Crippen LogP contribution in [0, 0.1) is 11.8 Å². The summed E-state index contributed by atoms with van der Waals surface area (Å²) in [5.74, 6) is 1.83. The third-order valence-corrected chi connectivity index (χ3v) is 3.32. The van der Waals surface area contributed by atoms with Gasteiger partial charge in [0.05, 0.1) is 0 Å². The maximum absolute atomic E-state index is 11.4. The molecular weight excluding hydrogens is 136 g/mol. The number of hydrogen-bond donors (Lipinski definition) is 0. The topological polar surface area (TPSA) is 17.1 Å². The van der Waals surface area contributed by atoms with E-state index < -0.39 is 0 Å². The molecule has 2 aliphatic rings. The number of carbonyl (C=O) groups is 1. The number of hydrogen-bond acceptors (Lipinski definition) is 1. The van der Waals surface area contributed by atoms with Crippen molar-refractivity contribution < 1.29 is 4.79 Å². The van der Waals surface area contributed by atoms with Crippen LogP contribution < -0.4 is 0 Å². The highest BCUT2D eigenvalue weighted by Crippen LogP contribution is 2.38. The lowest BCUT2D eigenvalue weighted by molar-refractivity contribution is -0.122. The minimum Gasteiger partial charge on any atom is -0.299 e. The lowest BCUT2D eigenvalue weighted by Gasteiger charge is -2.14. The van der Waals surface area contributed by atoms with Gasteiger partial charge in [0.15, 0.2) is 0 Å². The number of carbonyl (C=O) groups excluding carboxylic acids is 1. The molecule has 0 bridgehead atoms. The minimum atomic E-state index is 0.484. The Morgan fingerprint density at radius 1 is 1.00 bits per heavy atom. The monoisotopic (exact) mass is 152 g/mol. The van der Waals surface area contributed by atoms with Crippen molar-refractivity contribution in [3.8, 4) is 0 Å². The predicted molar refractivity (Wildman–Crippen MR) is 44.3 cm³/mol. The van der Waals surface area contributed by atoms with Crippen LogP contribution in [0.5, 0.6) is 0 Å². The van der Waals surface area contributed by atoms with E-state index in [0.29, 0.717) is 11.7 Å². The van der Waals surface area contributed by atoms with Gasteiger partial charge < -0.3 is 0 Å². The lowest BCUT2D eigenvalue weighted by Crippen LogP contribution is -2.15. The Kier molecular flexibility index (Phi) is 1.97. The van der Waals surface area contributed by atoms with Gasteiger partial charge in [-0.15, -0.1) is 0 Å². The maximum atomic E-state index is 11.4. The molecule has 0 N–H and O–H groups in total. The van der Waals surface area contributed by atoms with Crippen molar-refractivity contribution in [1.82, 2.24) is 0 Å². The smallest absolute Gasteiger partial charge is 0.136 e. The molecule has 2 aliphatic carbocycles. The average Bonchev–Trinajstić information content (AvgIpc) is 2.55. The first-order chi connectivity index (χ1) is 5.38. The highest BCUT2D eigenvalue weighted by atomic mass is 16.1. The summed E-state index contributed by atoms with van der Waals surface area (Å²) in [6.45, 7) is 0. The largest absolute Gasteiger partial charge is 0.299 e. The zero-order valence-corrected chi connectivity index (χ0v) is 7.01. The van der Waals surface area contributed by atoms with Crippen molar-refractivity contribution in [3.63, 3.8) is 0 Å². The van der Waals surface area contributed by atoms with E-state index in [4.69, 9.17) is 0 Å². The van der Waals surface area contributed by atoms with Gasteiger partial charge >= 0.3 is 0 Å². The normalized spacial score (nSPS) is 33.5. The van der Waals surface area contributed by atoms with Gasteiger partial charge in [-0.1, -0.05) is 12.8 Å². The van der Waals surface area contributed by atoms with E-state index in [9.17, 15) is 4.79 Å². The summed E-state index contributed by atoms with van der Waals surface area (Å²) in [7, 11) is 0. The third kappa shape index (κ3) is 1.33. The van der Waals surface area contributed by atoms with Crippen molar-refractivity contribution in [2.75, 3.05) is 0 Å². The molecule has 11 heavy (non-hydrogen) atoms. The first-order valence-electron chi connectivity index (χ1n) is 4.90. The Morgan fingerprint density at radius 2 is 1.73 bits per heavy atom. The van der Waals surface area contributed by atoms with Crippen molar-refractivity contribution in [1.29, 1.82) is 0 Å². The molecular formula is C10H16O. The second-order valence-electron chi connectivity index (χ2n) is 4.01. The van der Waals surface area contributed by atoms with Gasteiger partial charge in [-0.25, -0.2) is 0 Å². The van der Waals surface area contributed by atoms with Crippen molar-refractivity contribution in [2.45, 2.75) is 44.9 Å². The van der Waals surface area contributed by atoms with Crippen molar-refractivity contribution >= 4 is 5.78 Å². The summed E-state index contributed by atoms with van der Waals surface area (Å²) in [6.07, 6.45) is 8.64. The second-order valence-corrected chi connectivity index (χ2v) is 4.01. The Morgan fingerprint density at radius 3 is 2.27 bits per heavy atom. The number of ketones is 1. The molecule has 2 rings (SSSR count). The molecule has 1 nitrogen and oxygen atoms in total. The van der Waals surface area contributed by atoms with E-state index in [-0.39, 0.29) is 0 Å². The molecule has 0 unspecified atom stereocenters. The fourth-order valence-electron chi connectivity index (χ4n) is 2.70. The van der Waals surface area contributed by atoms with Crippen LogP contribution in [0.25, 0.3) is 0 Å². The summed E-state index contributed by atoms with van der Waals surface area (Å²) in [4.78, 5) is 11.4. The van der Waals surface area contributed by atoms with Gasteiger partial charge in [-0.3, -0.25) is 4.79 Å². The highest BCUT2D eigenvalue weighted by Gasteiger charge is 2.33. The van der Waals surface area contributed by atoms with Gasteiger partial charge in [0.25, 0.3) is 0 Å². The molecule has 2 fully saturated rings. The van der Waals surface area contributed by atoms with Gasteiger partial charge in [-0.05, 0) is 31.6 Å². The zero-order chi connectivity index (χ0) is 7.68. The minimum absolute atomic E-state index is 0.484. The molecule has 0 spiro atoms. The Hall–Kier alpha value is -0.330. The molecule has 62 valence electrons. The van der Waals surface area contributed by atoms with E-state index in [1.54, 1.807) is 0 Å². The first-order valence-corrected chi connectivity index (χ1v) is 4.90. The fourth-order valence-corrected chi connectivity index (χ4v) is 2.70. The van der Waals surface area contributed by atoms with E-state index in [1.807, 2.05) is 0 Å². The third-order valence-electron chi connectivity index (χ3n) is 3.32. The molecule has 0 radical (unpaired) electrons. The van der Waals surface area contributed by atoms with Gasteiger partial charge in [0.1, 0.15) is 5.78 Å². The van der Waals surface area contributed by atoms with Crippen LogP contribution >= 0.6 is 0 Å². The van der Waals surface area contributed by atoms with Crippen LogP contribution in [0.1, 0.15) is 44.9 Å². The van der Waals surface area contributed by atoms with Crippen LogP contribution in [-0.2, 0) is 4.79 Å². The average molecular weight is 152 g/mol. The van der Waals surface area contributed by atoms with Crippen molar-refractivity contribution in [2.24, 2.45) is 11.8 Å². The molecule has 0 aliphatic heterocycles. The zero-order valence-electron chi connectivity index (χ0n) is 7.01. The summed E-state index contributed by atoms with van der Waals surface area (Å²) in [6, 6.07) is 0. The summed E-state index contributed by atoms with van der Waals surface area (Å²) in [5, 5.41) is 0. The number of rotatable bonds is 1. The Bertz CT molecular complexity index is 156. The number of Topliss-reactive ketones (excluding diaryl/α,β-unsaturated/α-hetero) is 1. The van der Waals surface area contributed by atoms with Gasteiger partial charge in [0, 0.05) is 12.3 Å². The van der Waals surface area contributed by atoms with Crippen LogP contribution in [0.4, 0.5) is 0 Å². The van der Waals surface area contributed by atoms with E-state index in [2.05, 4.69) is 0 Å². The lowest BCUT2D eigenvalue weighted by atomic mass is 9.89. The van der Waals surface area contributed by atoms with Gasteiger partial charge in [0.2, 0.25) is 0 Å². The van der Waals surface area contributed by atoms with E-state index in [0.717, 1.165) is 12.3 Å². The standard InChI is InChI=1S/C10H16O/c11-10-7-3-6-9(10)8-4-1-2-5-8/h8-9H,1-7H2/t9-/m0/s1. The molecule has 0 heterocycles. The van der Waals surface area contributed by atoms with Crippen LogP contribution in [0.3, 0.4) is 0 Å². The molecule has 0 saturated heterocycles. The quantitative estimate of drug-likeness (QED) is 0.564. The maximum Gasteiger partial charge on any atom is 0.136 e. The molecule has 0 aromatic carbocycles. The molecule has 0 aromatic heterocycles. The molecule has 1 heteroatoms.